The number of imidazole rings is 1. The number of rotatable bonds is 3. The van der Waals surface area contributed by atoms with Crippen molar-refractivity contribution in [2.75, 3.05) is 5.73 Å². The van der Waals surface area contributed by atoms with Crippen molar-refractivity contribution >= 4 is 17.0 Å². The van der Waals surface area contributed by atoms with Crippen molar-refractivity contribution in [2.45, 2.75) is 13.0 Å². The van der Waals surface area contributed by atoms with E-state index in [4.69, 9.17) is 5.73 Å². The third kappa shape index (κ3) is 1.71. The Hall–Kier alpha value is -2.37. The lowest BCUT2D eigenvalue weighted by atomic mass is 10.3. The zero-order chi connectivity index (χ0) is 12.5. The van der Waals surface area contributed by atoms with E-state index in [9.17, 15) is 0 Å². The first kappa shape index (κ1) is 10.8. The highest BCUT2D eigenvalue weighted by molar-refractivity contribution is 5.78. The third-order valence-corrected chi connectivity index (χ3v) is 3.05. The van der Waals surface area contributed by atoms with Gasteiger partial charge in [0, 0.05) is 20.0 Å². The molecule has 0 atom stereocenters. The van der Waals surface area contributed by atoms with Gasteiger partial charge in [0.05, 0.1) is 11.0 Å². The monoisotopic (exact) mass is 242 g/mol. The van der Waals surface area contributed by atoms with Crippen LogP contribution >= 0.6 is 0 Å². The molecule has 0 spiro atoms. The summed E-state index contributed by atoms with van der Waals surface area (Å²) in [6, 6.07) is 7.93. The summed E-state index contributed by atoms with van der Waals surface area (Å²) in [4.78, 5) is 4.33. The first-order chi connectivity index (χ1) is 8.75. The number of para-hydroxylation sites is 2. The minimum absolute atomic E-state index is 0.540. The van der Waals surface area contributed by atoms with E-state index in [0.717, 1.165) is 29.8 Å². The number of benzene rings is 1. The topological polar surface area (TPSA) is 74.5 Å². The van der Waals surface area contributed by atoms with Crippen LogP contribution in [0.4, 0.5) is 5.95 Å². The molecule has 0 aliphatic carbocycles. The molecule has 0 aliphatic heterocycles. The molecule has 18 heavy (non-hydrogen) atoms. The molecular weight excluding hydrogens is 228 g/mol. The summed E-state index contributed by atoms with van der Waals surface area (Å²) in [5.74, 6) is 1.48. The summed E-state index contributed by atoms with van der Waals surface area (Å²) < 4.78 is 3.92. The second kappa shape index (κ2) is 4.14. The van der Waals surface area contributed by atoms with Crippen LogP contribution in [0.25, 0.3) is 11.0 Å². The quantitative estimate of drug-likeness (QED) is 0.743. The molecule has 6 heteroatoms. The molecule has 2 aromatic heterocycles. The van der Waals surface area contributed by atoms with Crippen molar-refractivity contribution in [3.63, 3.8) is 0 Å². The number of nitrogen functional groups attached to an aromatic ring is 1. The summed E-state index contributed by atoms with van der Waals surface area (Å²) in [7, 11) is 1.94. The lowest BCUT2D eigenvalue weighted by Crippen LogP contribution is -2.08. The molecule has 0 fully saturated rings. The first-order valence-electron chi connectivity index (χ1n) is 5.79. The number of anilines is 1. The Morgan fingerprint density at radius 1 is 1.28 bits per heavy atom. The zero-order valence-corrected chi connectivity index (χ0v) is 10.1. The summed E-state index contributed by atoms with van der Waals surface area (Å²) in [5, 5.41) is 7.93. The Kier molecular flexibility index (Phi) is 2.47. The SMILES string of the molecule is Cn1cnnc1CCn1c(N)nc2ccccc21. The summed E-state index contributed by atoms with van der Waals surface area (Å²) >= 11 is 0. The fraction of sp³-hybridized carbons (Fsp3) is 0.250. The van der Waals surface area contributed by atoms with E-state index < -0.39 is 0 Å². The zero-order valence-electron chi connectivity index (χ0n) is 10.1. The van der Waals surface area contributed by atoms with E-state index in [2.05, 4.69) is 15.2 Å². The smallest absolute Gasteiger partial charge is 0.201 e. The van der Waals surface area contributed by atoms with Crippen molar-refractivity contribution in [1.29, 1.82) is 0 Å². The van der Waals surface area contributed by atoms with Gasteiger partial charge in [0.1, 0.15) is 12.2 Å². The van der Waals surface area contributed by atoms with Crippen molar-refractivity contribution in [3.05, 3.63) is 36.4 Å². The van der Waals surface area contributed by atoms with Gasteiger partial charge in [0.15, 0.2) is 0 Å². The Morgan fingerprint density at radius 2 is 2.11 bits per heavy atom. The summed E-state index contributed by atoms with van der Waals surface area (Å²) in [6.45, 7) is 0.749. The highest BCUT2D eigenvalue weighted by Crippen LogP contribution is 2.17. The van der Waals surface area contributed by atoms with Gasteiger partial charge in [0.2, 0.25) is 5.95 Å². The molecule has 6 nitrogen and oxygen atoms in total. The van der Waals surface area contributed by atoms with E-state index >= 15 is 0 Å². The van der Waals surface area contributed by atoms with Crippen LogP contribution < -0.4 is 5.73 Å². The number of aromatic nitrogens is 5. The molecule has 1 aromatic carbocycles. The highest BCUT2D eigenvalue weighted by Gasteiger charge is 2.08. The Balaban J connectivity index is 1.91. The van der Waals surface area contributed by atoms with Crippen molar-refractivity contribution in [3.8, 4) is 0 Å². The first-order valence-corrected chi connectivity index (χ1v) is 5.79. The molecule has 0 radical (unpaired) electrons. The minimum Gasteiger partial charge on any atom is -0.369 e. The lowest BCUT2D eigenvalue weighted by Gasteiger charge is -2.05. The molecule has 2 N–H and O–H groups in total. The average molecular weight is 242 g/mol. The van der Waals surface area contributed by atoms with Gasteiger partial charge >= 0.3 is 0 Å². The fourth-order valence-corrected chi connectivity index (χ4v) is 2.07. The maximum absolute atomic E-state index is 5.94. The van der Waals surface area contributed by atoms with Crippen molar-refractivity contribution in [2.24, 2.45) is 7.05 Å². The molecule has 3 aromatic rings. The molecule has 92 valence electrons. The number of nitrogens with two attached hydrogens (primary N) is 1. The number of hydrogen-bond donors (Lipinski definition) is 1. The van der Waals surface area contributed by atoms with Gasteiger partial charge in [-0.1, -0.05) is 12.1 Å². The Labute approximate surface area is 104 Å². The van der Waals surface area contributed by atoms with Gasteiger partial charge in [-0.15, -0.1) is 10.2 Å². The van der Waals surface area contributed by atoms with Gasteiger partial charge in [-0.05, 0) is 12.1 Å². The van der Waals surface area contributed by atoms with Gasteiger partial charge in [-0.25, -0.2) is 4.98 Å². The standard InChI is InChI=1S/C12H14N6/c1-17-8-14-16-11(17)6-7-18-10-5-3-2-4-9(10)15-12(18)13/h2-5,8H,6-7H2,1H3,(H2,13,15). The molecule has 0 saturated heterocycles. The summed E-state index contributed by atoms with van der Waals surface area (Å²) in [5.41, 5.74) is 7.92. The van der Waals surface area contributed by atoms with Gasteiger partial charge < -0.3 is 14.9 Å². The highest BCUT2D eigenvalue weighted by atomic mass is 15.2. The van der Waals surface area contributed by atoms with Crippen molar-refractivity contribution in [1.82, 2.24) is 24.3 Å². The van der Waals surface area contributed by atoms with Crippen LogP contribution in [0.5, 0.6) is 0 Å². The van der Waals surface area contributed by atoms with Crippen LogP contribution in [0.15, 0.2) is 30.6 Å². The third-order valence-electron chi connectivity index (χ3n) is 3.05. The maximum Gasteiger partial charge on any atom is 0.201 e. The second-order valence-electron chi connectivity index (χ2n) is 4.22. The Bertz CT molecular complexity index is 681. The van der Waals surface area contributed by atoms with Gasteiger partial charge in [-0.3, -0.25) is 0 Å². The van der Waals surface area contributed by atoms with E-state index in [0.29, 0.717) is 5.95 Å². The van der Waals surface area contributed by atoms with Gasteiger partial charge in [0.25, 0.3) is 0 Å². The molecule has 0 aliphatic rings. The minimum atomic E-state index is 0.540. The molecule has 3 rings (SSSR count). The van der Waals surface area contributed by atoms with Crippen LogP contribution in [0.2, 0.25) is 0 Å². The van der Waals surface area contributed by atoms with Crippen LogP contribution in [0.3, 0.4) is 0 Å². The maximum atomic E-state index is 5.94. The number of aryl methyl sites for hydroxylation is 3. The molecule has 0 amide bonds. The molecule has 0 bridgehead atoms. The molecule has 0 saturated carbocycles. The van der Waals surface area contributed by atoms with Crippen molar-refractivity contribution < 1.29 is 0 Å². The van der Waals surface area contributed by atoms with Gasteiger partial charge in [-0.2, -0.15) is 0 Å². The second-order valence-corrected chi connectivity index (χ2v) is 4.22. The van der Waals surface area contributed by atoms with Crippen LogP contribution in [-0.4, -0.2) is 24.3 Å². The molecule has 2 heterocycles. The van der Waals surface area contributed by atoms with E-state index in [-0.39, 0.29) is 0 Å². The van der Waals surface area contributed by atoms with E-state index in [1.54, 1.807) is 6.33 Å². The fourth-order valence-electron chi connectivity index (χ4n) is 2.07. The Morgan fingerprint density at radius 3 is 2.89 bits per heavy atom. The van der Waals surface area contributed by atoms with Crippen LogP contribution in [0, 0.1) is 0 Å². The largest absolute Gasteiger partial charge is 0.369 e. The number of hydrogen-bond acceptors (Lipinski definition) is 4. The summed E-state index contributed by atoms with van der Waals surface area (Å²) in [6.07, 6.45) is 2.48. The lowest BCUT2D eigenvalue weighted by molar-refractivity contribution is 0.668. The van der Waals surface area contributed by atoms with E-state index in [1.165, 1.54) is 0 Å². The van der Waals surface area contributed by atoms with Crippen LogP contribution in [0.1, 0.15) is 5.82 Å². The number of fused-ring (bicyclic) bond motifs is 1. The average Bonchev–Trinajstić information content (AvgIpc) is 2.90. The predicted octanol–water partition coefficient (Wildman–Crippen LogP) is 0.990. The predicted molar refractivity (Wildman–Crippen MR) is 68.9 cm³/mol. The molecule has 0 unspecified atom stereocenters. The normalized spacial score (nSPS) is 11.2. The molecular formula is C12H14N6. The van der Waals surface area contributed by atoms with Crippen LogP contribution in [-0.2, 0) is 20.0 Å². The van der Waals surface area contributed by atoms with E-state index in [1.807, 2.05) is 40.4 Å². The number of nitrogens with zero attached hydrogens (tertiary/aromatic N) is 5.